The molecule has 4 heteroatoms. The van der Waals surface area contributed by atoms with E-state index < -0.39 is 0 Å². The number of aromatic nitrogens is 1. The van der Waals surface area contributed by atoms with Crippen LogP contribution in [0.2, 0.25) is 0 Å². The van der Waals surface area contributed by atoms with Crippen molar-refractivity contribution in [3.63, 3.8) is 0 Å². The van der Waals surface area contributed by atoms with E-state index in [-0.39, 0.29) is 18.6 Å². The van der Waals surface area contributed by atoms with E-state index in [0.29, 0.717) is 6.04 Å². The fraction of sp³-hybridized carbons (Fsp3) is 0.643. The van der Waals surface area contributed by atoms with Gasteiger partial charge in [-0.25, -0.2) is 0 Å². The van der Waals surface area contributed by atoms with E-state index in [1.54, 1.807) is 0 Å². The molecule has 1 aromatic heterocycles. The highest BCUT2D eigenvalue weighted by Crippen LogP contribution is 2.33. The standard InChI is InChI=1S/C14H20N2O2/c17-10-12-6-2-9-16(12)14(18)13-7-3-8-15(13)11-4-1-5-11/h3,7-8,11-12,17H,1-2,4-6,9-10H2. The third-order valence-corrected chi connectivity index (χ3v) is 4.31. The van der Waals surface area contributed by atoms with E-state index in [0.717, 1.165) is 25.1 Å². The Morgan fingerprint density at radius 2 is 2.17 bits per heavy atom. The van der Waals surface area contributed by atoms with Gasteiger partial charge in [-0.05, 0) is 44.2 Å². The van der Waals surface area contributed by atoms with Crippen LogP contribution in [0.4, 0.5) is 0 Å². The van der Waals surface area contributed by atoms with E-state index in [1.807, 2.05) is 23.2 Å². The fourth-order valence-electron chi connectivity index (χ4n) is 3.00. The summed E-state index contributed by atoms with van der Waals surface area (Å²) < 4.78 is 2.12. The first-order chi connectivity index (χ1) is 8.81. The molecule has 0 spiro atoms. The Bertz CT molecular complexity index is 437. The maximum absolute atomic E-state index is 12.5. The third-order valence-electron chi connectivity index (χ3n) is 4.31. The highest BCUT2D eigenvalue weighted by Gasteiger charge is 2.31. The van der Waals surface area contributed by atoms with Crippen LogP contribution in [-0.2, 0) is 0 Å². The molecule has 2 heterocycles. The van der Waals surface area contributed by atoms with Crippen LogP contribution >= 0.6 is 0 Å². The number of amides is 1. The molecule has 2 aliphatic rings. The molecule has 2 fully saturated rings. The van der Waals surface area contributed by atoms with Gasteiger partial charge in [-0.2, -0.15) is 0 Å². The van der Waals surface area contributed by atoms with Crippen LogP contribution in [-0.4, -0.2) is 39.7 Å². The predicted octanol–water partition coefficient (Wildman–Crippen LogP) is 1.81. The van der Waals surface area contributed by atoms with Crippen molar-refractivity contribution >= 4 is 5.91 Å². The number of aliphatic hydroxyl groups excluding tert-OH is 1. The Balaban J connectivity index is 1.81. The van der Waals surface area contributed by atoms with Crippen molar-refractivity contribution in [1.29, 1.82) is 0 Å². The molecule has 1 aliphatic heterocycles. The molecule has 98 valence electrons. The zero-order chi connectivity index (χ0) is 12.5. The molecule has 1 amide bonds. The minimum Gasteiger partial charge on any atom is -0.394 e. The summed E-state index contributed by atoms with van der Waals surface area (Å²) in [6, 6.07) is 4.39. The molecule has 1 aliphatic carbocycles. The fourth-order valence-corrected chi connectivity index (χ4v) is 3.00. The van der Waals surface area contributed by atoms with Gasteiger partial charge < -0.3 is 14.6 Å². The average molecular weight is 248 g/mol. The second-order valence-electron chi connectivity index (χ2n) is 5.36. The minimum absolute atomic E-state index is 0.0160. The number of hydrogen-bond acceptors (Lipinski definition) is 2. The Morgan fingerprint density at radius 3 is 2.83 bits per heavy atom. The lowest BCUT2D eigenvalue weighted by atomic mass is 9.93. The van der Waals surface area contributed by atoms with Gasteiger partial charge in [0.05, 0.1) is 12.6 Å². The second kappa shape index (κ2) is 4.76. The number of carbonyl (C=O) groups is 1. The van der Waals surface area contributed by atoms with Gasteiger partial charge in [-0.1, -0.05) is 0 Å². The van der Waals surface area contributed by atoms with E-state index in [4.69, 9.17) is 0 Å². The van der Waals surface area contributed by atoms with Gasteiger partial charge in [0.2, 0.25) is 0 Å². The summed E-state index contributed by atoms with van der Waals surface area (Å²) in [5, 5.41) is 9.32. The van der Waals surface area contributed by atoms with E-state index in [2.05, 4.69) is 4.57 Å². The third kappa shape index (κ3) is 1.85. The Labute approximate surface area is 107 Å². The van der Waals surface area contributed by atoms with Crippen LogP contribution in [0.3, 0.4) is 0 Å². The van der Waals surface area contributed by atoms with Crippen molar-refractivity contribution in [2.45, 2.75) is 44.2 Å². The van der Waals surface area contributed by atoms with Crippen molar-refractivity contribution < 1.29 is 9.90 Å². The van der Waals surface area contributed by atoms with Gasteiger partial charge in [-0.3, -0.25) is 4.79 Å². The summed E-state index contributed by atoms with van der Waals surface area (Å²) in [6.07, 6.45) is 7.56. The summed E-state index contributed by atoms with van der Waals surface area (Å²) in [6.45, 7) is 0.857. The lowest BCUT2D eigenvalue weighted by molar-refractivity contribution is 0.0661. The molecule has 18 heavy (non-hydrogen) atoms. The van der Waals surface area contributed by atoms with Gasteiger partial charge >= 0.3 is 0 Å². The lowest BCUT2D eigenvalue weighted by Crippen LogP contribution is -2.39. The SMILES string of the molecule is O=C(c1cccn1C1CCC1)N1CCCC1CO. The molecule has 4 nitrogen and oxygen atoms in total. The van der Waals surface area contributed by atoms with Crippen molar-refractivity contribution in [3.05, 3.63) is 24.0 Å². The van der Waals surface area contributed by atoms with Gasteiger partial charge in [-0.15, -0.1) is 0 Å². The number of aliphatic hydroxyl groups is 1. The van der Waals surface area contributed by atoms with Crippen molar-refractivity contribution in [3.8, 4) is 0 Å². The number of likely N-dealkylation sites (tertiary alicyclic amines) is 1. The first-order valence-electron chi connectivity index (χ1n) is 6.90. The summed E-state index contributed by atoms with van der Waals surface area (Å²) in [5.41, 5.74) is 0.792. The van der Waals surface area contributed by atoms with Crippen LogP contribution in [0.15, 0.2) is 18.3 Å². The summed E-state index contributed by atoms with van der Waals surface area (Å²) in [4.78, 5) is 14.4. The Kier molecular flexibility index (Phi) is 3.12. The molecule has 1 atom stereocenters. The monoisotopic (exact) mass is 248 g/mol. The van der Waals surface area contributed by atoms with Crippen LogP contribution < -0.4 is 0 Å². The molecule has 3 rings (SSSR count). The maximum atomic E-state index is 12.5. The molecule has 1 saturated heterocycles. The van der Waals surface area contributed by atoms with Gasteiger partial charge in [0.25, 0.3) is 5.91 Å². The summed E-state index contributed by atoms with van der Waals surface area (Å²) in [7, 11) is 0. The smallest absolute Gasteiger partial charge is 0.270 e. The first-order valence-corrected chi connectivity index (χ1v) is 6.90. The van der Waals surface area contributed by atoms with E-state index in [1.165, 1.54) is 19.3 Å². The largest absolute Gasteiger partial charge is 0.394 e. The number of nitrogens with zero attached hydrogens (tertiary/aromatic N) is 2. The molecular weight excluding hydrogens is 228 g/mol. The molecular formula is C14H20N2O2. The minimum atomic E-state index is 0.0160. The highest BCUT2D eigenvalue weighted by atomic mass is 16.3. The second-order valence-corrected chi connectivity index (χ2v) is 5.36. The van der Waals surface area contributed by atoms with Crippen molar-refractivity contribution in [2.75, 3.05) is 13.2 Å². The number of rotatable bonds is 3. The van der Waals surface area contributed by atoms with Gasteiger partial charge in [0, 0.05) is 18.8 Å². The number of hydrogen-bond donors (Lipinski definition) is 1. The van der Waals surface area contributed by atoms with Gasteiger partial charge in [0.1, 0.15) is 5.69 Å². The molecule has 1 aromatic rings. The quantitative estimate of drug-likeness (QED) is 0.886. The van der Waals surface area contributed by atoms with Crippen LogP contribution in [0.5, 0.6) is 0 Å². The van der Waals surface area contributed by atoms with Gasteiger partial charge in [0.15, 0.2) is 0 Å². The molecule has 1 N–H and O–H groups in total. The summed E-state index contributed by atoms with van der Waals surface area (Å²) in [5.74, 6) is 0.0865. The van der Waals surface area contributed by atoms with Crippen LogP contribution in [0, 0.1) is 0 Å². The number of carbonyl (C=O) groups excluding carboxylic acids is 1. The van der Waals surface area contributed by atoms with Crippen molar-refractivity contribution in [1.82, 2.24) is 9.47 Å². The maximum Gasteiger partial charge on any atom is 0.270 e. The first kappa shape index (κ1) is 11.8. The van der Waals surface area contributed by atoms with E-state index >= 15 is 0 Å². The Hall–Kier alpha value is -1.29. The normalized spacial score (nSPS) is 24.3. The molecule has 1 unspecified atom stereocenters. The lowest BCUT2D eigenvalue weighted by Gasteiger charge is -2.30. The zero-order valence-electron chi connectivity index (χ0n) is 10.6. The van der Waals surface area contributed by atoms with Crippen LogP contribution in [0.25, 0.3) is 0 Å². The molecule has 0 radical (unpaired) electrons. The molecule has 0 bridgehead atoms. The average Bonchev–Trinajstić information content (AvgIpc) is 2.93. The highest BCUT2D eigenvalue weighted by molar-refractivity contribution is 5.93. The zero-order valence-corrected chi connectivity index (χ0v) is 10.6. The topological polar surface area (TPSA) is 45.5 Å². The van der Waals surface area contributed by atoms with Crippen LogP contribution in [0.1, 0.15) is 48.6 Å². The molecule has 0 aromatic carbocycles. The van der Waals surface area contributed by atoms with Crippen molar-refractivity contribution in [2.24, 2.45) is 0 Å². The van der Waals surface area contributed by atoms with E-state index in [9.17, 15) is 9.90 Å². The Morgan fingerprint density at radius 1 is 1.33 bits per heavy atom. The summed E-state index contributed by atoms with van der Waals surface area (Å²) >= 11 is 0. The predicted molar refractivity (Wildman–Crippen MR) is 68.5 cm³/mol. The molecule has 1 saturated carbocycles.